The van der Waals surface area contributed by atoms with Crippen LogP contribution in [0, 0.1) is 11.3 Å². The highest BCUT2D eigenvalue weighted by molar-refractivity contribution is 5.96. The molecule has 1 fully saturated rings. The molecule has 8 heteroatoms. The molecule has 0 bridgehead atoms. The second kappa shape index (κ2) is 4.52. The molecule has 1 aromatic heterocycles. The van der Waals surface area contributed by atoms with Crippen LogP contribution in [-0.2, 0) is 4.79 Å². The zero-order chi connectivity index (χ0) is 14.2. The van der Waals surface area contributed by atoms with Crippen molar-refractivity contribution in [3.63, 3.8) is 0 Å². The number of nitrogens with two attached hydrogens (primary N) is 1. The third-order valence-electron chi connectivity index (χ3n) is 3.84. The number of hydrogen-bond donors (Lipinski definition) is 2. The van der Waals surface area contributed by atoms with Gasteiger partial charge in [0.05, 0.1) is 5.41 Å². The summed E-state index contributed by atoms with van der Waals surface area (Å²) < 4.78 is 4.38. The van der Waals surface area contributed by atoms with Gasteiger partial charge in [0.1, 0.15) is 0 Å². The lowest BCUT2D eigenvalue weighted by atomic mass is 9.76. The molecule has 2 rings (SSSR count). The molecule has 0 aliphatic carbocycles. The molecule has 19 heavy (non-hydrogen) atoms. The topological polar surface area (TPSA) is 123 Å². The van der Waals surface area contributed by atoms with Gasteiger partial charge in [-0.15, -0.1) is 0 Å². The Labute approximate surface area is 109 Å². The van der Waals surface area contributed by atoms with Crippen LogP contribution in [0.5, 0.6) is 0 Å². The molecule has 1 saturated heterocycles. The number of hydrogen-bond acceptors (Lipinski definition) is 6. The summed E-state index contributed by atoms with van der Waals surface area (Å²) in [5, 5.41) is 16.2. The van der Waals surface area contributed by atoms with Gasteiger partial charge in [0.25, 0.3) is 5.91 Å². The van der Waals surface area contributed by atoms with E-state index in [0.717, 1.165) is 0 Å². The van der Waals surface area contributed by atoms with Crippen molar-refractivity contribution in [3.8, 4) is 0 Å². The van der Waals surface area contributed by atoms with Gasteiger partial charge in [-0.1, -0.05) is 13.8 Å². The van der Waals surface area contributed by atoms with Gasteiger partial charge in [-0.25, -0.2) is 4.63 Å². The van der Waals surface area contributed by atoms with Crippen LogP contribution < -0.4 is 5.73 Å². The minimum absolute atomic E-state index is 0.0649. The van der Waals surface area contributed by atoms with Crippen LogP contribution in [0.25, 0.3) is 0 Å². The number of rotatable bonds is 3. The average molecular weight is 268 g/mol. The zero-order valence-corrected chi connectivity index (χ0v) is 10.8. The third kappa shape index (κ3) is 2.02. The largest absolute Gasteiger partial charge is 0.481 e. The number of amides is 1. The van der Waals surface area contributed by atoms with E-state index in [-0.39, 0.29) is 24.0 Å². The number of carboxylic acid groups (broad SMARTS) is 1. The fraction of sp³-hybridized carbons (Fsp3) is 0.636. The van der Waals surface area contributed by atoms with Crippen molar-refractivity contribution >= 4 is 17.7 Å². The molecular weight excluding hydrogens is 252 g/mol. The minimum atomic E-state index is -0.915. The molecule has 3 N–H and O–H groups in total. The summed E-state index contributed by atoms with van der Waals surface area (Å²) in [4.78, 5) is 25.1. The Hall–Kier alpha value is -2.12. The second-order valence-corrected chi connectivity index (χ2v) is 5.09. The maximum atomic E-state index is 12.2. The molecule has 1 atom stereocenters. The second-order valence-electron chi connectivity index (χ2n) is 5.09. The molecule has 1 unspecified atom stereocenters. The summed E-state index contributed by atoms with van der Waals surface area (Å²) in [5.41, 5.74) is 4.49. The average Bonchev–Trinajstić information content (AvgIpc) is 2.94. The molecule has 1 amide bonds. The summed E-state index contributed by atoms with van der Waals surface area (Å²) in [6.07, 6.45) is 0.414. The third-order valence-corrected chi connectivity index (χ3v) is 3.84. The summed E-state index contributed by atoms with van der Waals surface area (Å²) in [5.74, 6) is -1.48. The van der Waals surface area contributed by atoms with Crippen molar-refractivity contribution in [2.45, 2.75) is 20.3 Å². The number of carboxylic acids is 1. The first-order valence-electron chi connectivity index (χ1n) is 5.99. The molecule has 1 aromatic rings. The Morgan fingerprint density at radius 2 is 2.16 bits per heavy atom. The SMILES string of the molecule is CC(C)C1(C(=O)O)CCN(C(=O)c2nonc2N)C1. The number of carbonyl (C=O) groups excluding carboxylic acids is 1. The zero-order valence-electron chi connectivity index (χ0n) is 10.8. The predicted molar refractivity (Wildman–Crippen MR) is 64.1 cm³/mol. The molecule has 0 saturated carbocycles. The van der Waals surface area contributed by atoms with E-state index in [0.29, 0.717) is 13.0 Å². The molecule has 1 aliphatic heterocycles. The van der Waals surface area contributed by atoms with E-state index in [9.17, 15) is 14.7 Å². The standard InChI is InChI=1S/C11H16N4O4/c1-6(2)11(10(17)18)3-4-15(5-11)9(16)7-8(12)14-19-13-7/h6H,3-5H2,1-2H3,(H2,12,14)(H,17,18). The predicted octanol–water partition coefficient (Wildman–Crippen LogP) is 0.225. The van der Waals surface area contributed by atoms with E-state index in [1.54, 1.807) is 0 Å². The van der Waals surface area contributed by atoms with Gasteiger partial charge in [0.2, 0.25) is 11.5 Å². The number of anilines is 1. The van der Waals surface area contributed by atoms with Crippen molar-refractivity contribution in [3.05, 3.63) is 5.69 Å². The van der Waals surface area contributed by atoms with Gasteiger partial charge < -0.3 is 15.7 Å². The number of likely N-dealkylation sites (tertiary alicyclic amines) is 1. The van der Waals surface area contributed by atoms with Crippen LogP contribution in [0.3, 0.4) is 0 Å². The monoisotopic (exact) mass is 268 g/mol. The van der Waals surface area contributed by atoms with Crippen LogP contribution in [0.15, 0.2) is 4.63 Å². The van der Waals surface area contributed by atoms with E-state index in [4.69, 9.17) is 5.73 Å². The fourth-order valence-electron chi connectivity index (χ4n) is 2.39. The van der Waals surface area contributed by atoms with Crippen molar-refractivity contribution in [2.75, 3.05) is 18.8 Å². The first-order valence-corrected chi connectivity index (χ1v) is 5.99. The molecule has 8 nitrogen and oxygen atoms in total. The van der Waals surface area contributed by atoms with E-state index in [1.807, 2.05) is 13.8 Å². The van der Waals surface area contributed by atoms with Gasteiger partial charge >= 0.3 is 5.97 Å². The Morgan fingerprint density at radius 3 is 2.58 bits per heavy atom. The van der Waals surface area contributed by atoms with Crippen LogP contribution in [0.1, 0.15) is 30.8 Å². The van der Waals surface area contributed by atoms with Crippen LogP contribution in [-0.4, -0.2) is 45.3 Å². The van der Waals surface area contributed by atoms with E-state index >= 15 is 0 Å². The van der Waals surface area contributed by atoms with Gasteiger partial charge in [-0.3, -0.25) is 9.59 Å². The maximum absolute atomic E-state index is 12.2. The number of nitrogens with zero attached hydrogens (tertiary/aromatic N) is 3. The molecular formula is C11H16N4O4. The lowest BCUT2D eigenvalue weighted by Gasteiger charge is -2.28. The number of aliphatic carboxylic acids is 1. The lowest BCUT2D eigenvalue weighted by Crippen LogP contribution is -2.40. The smallest absolute Gasteiger partial charge is 0.311 e. The molecule has 104 valence electrons. The van der Waals surface area contributed by atoms with Crippen molar-refractivity contribution in [1.29, 1.82) is 0 Å². The van der Waals surface area contributed by atoms with Gasteiger partial charge in [0, 0.05) is 13.1 Å². The minimum Gasteiger partial charge on any atom is -0.481 e. The summed E-state index contributed by atoms with van der Waals surface area (Å²) in [6, 6.07) is 0. The van der Waals surface area contributed by atoms with Crippen LogP contribution >= 0.6 is 0 Å². The maximum Gasteiger partial charge on any atom is 0.311 e. The van der Waals surface area contributed by atoms with Crippen LogP contribution in [0.2, 0.25) is 0 Å². The van der Waals surface area contributed by atoms with Gasteiger partial charge in [-0.2, -0.15) is 0 Å². The Kier molecular flexibility index (Phi) is 3.17. The van der Waals surface area contributed by atoms with Crippen LogP contribution in [0.4, 0.5) is 5.82 Å². The molecule has 0 spiro atoms. The normalized spacial score (nSPS) is 23.0. The Bertz CT molecular complexity index is 513. The lowest BCUT2D eigenvalue weighted by molar-refractivity contribution is -0.150. The molecule has 0 aromatic carbocycles. The first-order chi connectivity index (χ1) is 8.88. The fourth-order valence-corrected chi connectivity index (χ4v) is 2.39. The van der Waals surface area contributed by atoms with Gasteiger partial charge in [0.15, 0.2) is 0 Å². The molecule has 0 radical (unpaired) electrons. The summed E-state index contributed by atoms with van der Waals surface area (Å²) in [6.45, 7) is 4.18. The molecule has 2 heterocycles. The molecule has 1 aliphatic rings. The highest BCUT2D eigenvalue weighted by Gasteiger charge is 2.49. The van der Waals surface area contributed by atoms with Gasteiger partial charge in [-0.05, 0) is 22.7 Å². The Morgan fingerprint density at radius 1 is 1.47 bits per heavy atom. The van der Waals surface area contributed by atoms with Crippen molar-refractivity contribution < 1.29 is 19.3 Å². The number of aromatic nitrogens is 2. The number of carbonyl (C=O) groups is 2. The highest BCUT2D eigenvalue weighted by Crippen LogP contribution is 2.38. The number of nitrogen functional groups attached to an aromatic ring is 1. The summed E-state index contributed by atoms with van der Waals surface area (Å²) >= 11 is 0. The van der Waals surface area contributed by atoms with E-state index in [2.05, 4.69) is 14.9 Å². The first kappa shape index (κ1) is 13.3. The quantitative estimate of drug-likeness (QED) is 0.804. The summed E-state index contributed by atoms with van der Waals surface area (Å²) in [7, 11) is 0. The highest BCUT2D eigenvalue weighted by atomic mass is 16.6. The van der Waals surface area contributed by atoms with Crippen molar-refractivity contribution in [1.82, 2.24) is 15.2 Å². The van der Waals surface area contributed by atoms with E-state index in [1.165, 1.54) is 4.90 Å². The van der Waals surface area contributed by atoms with E-state index < -0.39 is 17.3 Å². The Balaban J connectivity index is 2.20. The van der Waals surface area contributed by atoms with Crippen molar-refractivity contribution in [2.24, 2.45) is 11.3 Å².